The highest BCUT2D eigenvalue weighted by Gasteiger charge is 2.48. The van der Waals surface area contributed by atoms with Crippen LogP contribution >= 0.6 is 11.3 Å². The topological polar surface area (TPSA) is 89.0 Å². The number of carbonyl (C=O) groups excluding carboxylic acids is 2. The van der Waals surface area contributed by atoms with Crippen molar-refractivity contribution in [2.24, 2.45) is 0 Å². The van der Waals surface area contributed by atoms with Crippen LogP contribution in [-0.4, -0.2) is 35.5 Å². The van der Waals surface area contributed by atoms with Gasteiger partial charge in [0.25, 0.3) is 5.78 Å². The lowest BCUT2D eigenvalue weighted by molar-refractivity contribution is -0.132. The molecule has 1 N–H and O–H groups in total. The maximum absolute atomic E-state index is 13.5. The van der Waals surface area contributed by atoms with E-state index in [1.54, 1.807) is 31.4 Å². The second kappa shape index (κ2) is 10.1. The second-order valence-electron chi connectivity index (χ2n) is 8.79. The molecule has 5 rings (SSSR count). The SMILES string of the molecule is CCCOc1cccc([C@H]2C(=C(O)c3ccc(C)cc3)C(=O)C(=O)N2c2nc3ccc(OC)cc3s2)c1. The third-order valence-electron chi connectivity index (χ3n) is 6.21. The number of aryl methyl sites for hydroxylation is 1. The molecule has 0 saturated carbocycles. The number of amides is 1. The summed E-state index contributed by atoms with van der Waals surface area (Å²) in [4.78, 5) is 33.0. The molecule has 0 radical (unpaired) electrons. The lowest BCUT2D eigenvalue weighted by Gasteiger charge is -2.23. The number of thiazole rings is 1. The Balaban J connectivity index is 1.69. The Morgan fingerprint density at radius 1 is 1.05 bits per heavy atom. The van der Waals surface area contributed by atoms with Crippen molar-refractivity contribution in [3.05, 3.63) is 89.0 Å². The van der Waals surface area contributed by atoms with Gasteiger partial charge in [0.1, 0.15) is 17.3 Å². The van der Waals surface area contributed by atoms with Crippen LogP contribution in [0.1, 0.15) is 36.1 Å². The van der Waals surface area contributed by atoms with Crippen molar-refractivity contribution in [2.45, 2.75) is 26.3 Å². The van der Waals surface area contributed by atoms with Crippen LogP contribution in [0.25, 0.3) is 16.0 Å². The number of benzene rings is 3. The maximum Gasteiger partial charge on any atom is 0.301 e. The van der Waals surface area contributed by atoms with Crippen LogP contribution in [0, 0.1) is 6.92 Å². The molecule has 2 heterocycles. The molecule has 7 nitrogen and oxygen atoms in total. The van der Waals surface area contributed by atoms with Gasteiger partial charge in [-0.05, 0) is 49.2 Å². The van der Waals surface area contributed by atoms with Crippen LogP contribution in [0.3, 0.4) is 0 Å². The Kier molecular flexibility index (Phi) is 6.67. The van der Waals surface area contributed by atoms with Gasteiger partial charge in [-0.3, -0.25) is 14.5 Å². The summed E-state index contributed by atoms with van der Waals surface area (Å²) >= 11 is 1.28. The zero-order valence-electron chi connectivity index (χ0n) is 20.7. The van der Waals surface area contributed by atoms with Gasteiger partial charge in [0.05, 0.1) is 35.5 Å². The van der Waals surface area contributed by atoms with Gasteiger partial charge in [0, 0.05) is 5.56 Å². The molecule has 188 valence electrons. The first-order chi connectivity index (χ1) is 17.9. The number of ether oxygens (including phenoxy) is 2. The van der Waals surface area contributed by atoms with Crippen molar-refractivity contribution in [3.8, 4) is 11.5 Å². The number of aromatic nitrogens is 1. The van der Waals surface area contributed by atoms with Crippen molar-refractivity contribution in [3.63, 3.8) is 0 Å². The fraction of sp³-hybridized carbons (Fsp3) is 0.207. The molecular formula is C29H26N2O5S. The molecule has 1 saturated heterocycles. The van der Waals surface area contributed by atoms with E-state index in [2.05, 4.69) is 4.98 Å². The number of rotatable bonds is 7. The molecule has 1 amide bonds. The van der Waals surface area contributed by atoms with Gasteiger partial charge in [-0.25, -0.2) is 4.98 Å². The van der Waals surface area contributed by atoms with Crippen molar-refractivity contribution in [1.29, 1.82) is 0 Å². The summed E-state index contributed by atoms with van der Waals surface area (Å²) < 4.78 is 12.0. The van der Waals surface area contributed by atoms with Gasteiger partial charge in [-0.15, -0.1) is 0 Å². The average molecular weight is 515 g/mol. The van der Waals surface area contributed by atoms with Gasteiger partial charge < -0.3 is 14.6 Å². The van der Waals surface area contributed by atoms with E-state index >= 15 is 0 Å². The van der Waals surface area contributed by atoms with Gasteiger partial charge >= 0.3 is 5.91 Å². The Labute approximate surface area is 218 Å². The third kappa shape index (κ3) is 4.56. The maximum atomic E-state index is 13.5. The first-order valence-corrected chi connectivity index (χ1v) is 12.8. The highest BCUT2D eigenvalue weighted by atomic mass is 32.1. The number of hydrogen-bond acceptors (Lipinski definition) is 7. The molecule has 0 unspecified atom stereocenters. The second-order valence-corrected chi connectivity index (χ2v) is 9.80. The molecule has 1 fully saturated rings. The molecular weight excluding hydrogens is 488 g/mol. The first-order valence-electron chi connectivity index (χ1n) is 12.0. The average Bonchev–Trinajstić information content (AvgIpc) is 3.45. The van der Waals surface area contributed by atoms with Gasteiger partial charge in [-0.1, -0.05) is 60.2 Å². The number of ketones is 1. The molecule has 4 aromatic rings. The molecule has 0 spiro atoms. The summed E-state index contributed by atoms with van der Waals surface area (Å²) in [6.45, 7) is 4.49. The zero-order valence-corrected chi connectivity index (χ0v) is 21.5. The van der Waals surface area contributed by atoms with E-state index in [-0.39, 0.29) is 11.3 Å². The Morgan fingerprint density at radius 2 is 1.84 bits per heavy atom. The Morgan fingerprint density at radius 3 is 2.57 bits per heavy atom. The van der Waals surface area contributed by atoms with Crippen LogP contribution in [0.4, 0.5) is 5.13 Å². The van der Waals surface area contributed by atoms with Crippen LogP contribution in [0.5, 0.6) is 11.5 Å². The first kappa shape index (κ1) is 24.5. The van der Waals surface area contributed by atoms with E-state index < -0.39 is 17.7 Å². The van der Waals surface area contributed by atoms with E-state index in [0.717, 1.165) is 16.7 Å². The summed E-state index contributed by atoms with van der Waals surface area (Å²) in [5.41, 5.74) is 2.80. The number of aliphatic hydroxyl groups is 1. The molecule has 8 heteroatoms. The fourth-order valence-electron chi connectivity index (χ4n) is 4.33. The van der Waals surface area contributed by atoms with Gasteiger partial charge in [-0.2, -0.15) is 0 Å². The van der Waals surface area contributed by atoms with E-state index in [9.17, 15) is 14.7 Å². The van der Waals surface area contributed by atoms with Crippen molar-refractivity contribution in [1.82, 2.24) is 4.98 Å². The monoisotopic (exact) mass is 514 g/mol. The number of fused-ring (bicyclic) bond motifs is 1. The third-order valence-corrected chi connectivity index (χ3v) is 7.22. The number of methoxy groups -OCH3 is 1. The normalized spacial score (nSPS) is 16.9. The fourth-order valence-corrected chi connectivity index (χ4v) is 5.35. The number of hydrogen-bond donors (Lipinski definition) is 1. The molecule has 37 heavy (non-hydrogen) atoms. The predicted molar refractivity (Wildman–Crippen MR) is 144 cm³/mol. The predicted octanol–water partition coefficient (Wildman–Crippen LogP) is 6.03. The van der Waals surface area contributed by atoms with Crippen molar-refractivity contribution >= 4 is 44.1 Å². The lowest BCUT2D eigenvalue weighted by Crippen LogP contribution is -2.29. The van der Waals surface area contributed by atoms with Crippen LogP contribution in [0.15, 0.2) is 72.3 Å². The van der Waals surface area contributed by atoms with Crippen molar-refractivity contribution < 1.29 is 24.2 Å². The van der Waals surface area contributed by atoms with E-state index in [1.807, 2.05) is 56.3 Å². The van der Waals surface area contributed by atoms with Crippen molar-refractivity contribution in [2.75, 3.05) is 18.6 Å². The number of carbonyl (C=O) groups is 2. The summed E-state index contributed by atoms with van der Waals surface area (Å²) in [5, 5.41) is 11.7. The molecule has 1 aromatic heterocycles. The number of anilines is 1. The lowest BCUT2D eigenvalue weighted by atomic mass is 9.95. The standard InChI is InChI=1S/C29H26N2O5S/c1-4-14-36-21-7-5-6-19(15-21)25-24(26(32)18-10-8-17(2)9-11-18)27(33)28(34)31(25)29-30-22-13-12-20(35-3)16-23(22)37-29/h5-13,15-16,25,32H,4,14H2,1-3H3/t25-/m0/s1. The highest BCUT2D eigenvalue weighted by molar-refractivity contribution is 7.22. The number of nitrogens with zero attached hydrogens (tertiary/aromatic N) is 2. The van der Waals surface area contributed by atoms with Crippen LogP contribution in [-0.2, 0) is 9.59 Å². The summed E-state index contributed by atoms with van der Waals surface area (Å²) in [5.74, 6) is -0.450. The summed E-state index contributed by atoms with van der Waals surface area (Å²) in [6.07, 6.45) is 0.839. The number of aliphatic hydroxyl groups excluding tert-OH is 1. The molecule has 1 atom stereocenters. The van der Waals surface area contributed by atoms with Gasteiger partial charge in [0.15, 0.2) is 5.13 Å². The minimum atomic E-state index is -0.881. The van der Waals surface area contributed by atoms with E-state index in [0.29, 0.717) is 39.9 Å². The van der Waals surface area contributed by atoms with Gasteiger partial charge in [0.2, 0.25) is 0 Å². The minimum Gasteiger partial charge on any atom is -0.507 e. The van der Waals surface area contributed by atoms with Crippen LogP contribution in [0.2, 0.25) is 0 Å². The Hall–Kier alpha value is -4.17. The number of Topliss-reactive ketones (excluding diaryl/α,β-unsaturated/α-hetero) is 1. The molecule has 0 bridgehead atoms. The van der Waals surface area contributed by atoms with Crippen LogP contribution < -0.4 is 14.4 Å². The molecule has 1 aliphatic heterocycles. The Bertz CT molecular complexity index is 1520. The zero-order chi connectivity index (χ0) is 26.1. The molecule has 1 aliphatic rings. The highest BCUT2D eigenvalue weighted by Crippen LogP contribution is 2.45. The molecule has 3 aromatic carbocycles. The van der Waals surface area contributed by atoms with E-state index in [1.165, 1.54) is 16.2 Å². The summed E-state index contributed by atoms with van der Waals surface area (Å²) in [6, 6.07) is 19.0. The summed E-state index contributed by atoms with van der Waals surface area (Å²) in [7, 11) is 1.58. The van der Waals surface area contributed by atoms with E-state index in [4.69, 9.17) is 9.47 Å². The smallest absolute Gasteiger partial charge is 0.301 e. The minimum absolute atomic E-state index is 0.0123. The molecule has 0 aliphatic carbocycles. The quantitative estimate of drug-likeness (QED) is 0.184. The largest absolute Gasteiger partial charge is 0.507 e.